The van der Waals surface area contributed by atoms with Gasteiger partial charge < -0.3 is 15.0 Å². The highest BCUT2D eigenvalue weighted by Crippen LogP contribution is 2.75. The molecule has 0 bridgehead atoms. The third kappa shape index (κ3) is 3.35. The van der Waals surface area contributed by atoms with Crippen molar-refractivity contribution in [3.8, 4) is 0 Å². The lowest BCUT2D eigenvalue weighted by molar-refractivity contribution is -0.124. The molecular formula is C25H30N4O4S. The number of rotatable bonds is 6. The Kier molecular flexibility index (Phi) is 4.16. The predicted octanol–water partition coefficient (Wildman–Crippen LogP) is 3.03. The highest BCUT2D eigenvalue weighted by Gasteiger charge is 2.74. The van der Waals surface area contributed by atoms with Gasteiger partial charge in [-0.1, -0.05) is 0 Å². The molecule has 0 atom stereocenters. The first-order valence-corrected chi connectivity index (χ1v) is 13.8. The number of ether oxygens (including phenoxy) is 1. The Morgan fingerprint density at radius 1 is 1.12 bits per heavy atom. The molecule has 2 aliphatic heterocycles. The molecule has 8 nitrogen and oxygen atoms in total. The van der Waals surface area contributed by atoms with Crippen LogP contribution >= 0.6 is 0 Å². The molecule has 1 spiro atoms. The van der Waals surface area contributed by atoms with Crippen molar-refractivity contribution in [3.05, 3.63) is 24.4 Å². The van der Waals surface area contributed by atoms with Crippen molar-refractivity contribution in [2.24, 2.45) is 16.7 Å². The number of amides is 1. The number of nitrogens with zero attached hydrogens (tertiary/aromatic N) is 2. The summed E-state index contributed by atoms with van der Waals surface area (Å²) in [6.45, 7) is 5.30. The van der Waals surface area contributed by atoms with Gasteiger partial charge in [0.2, 0.25) is 15.9 Å². The molecule has 2 aromatic rings. The van der Waals surface area contributed by atoms with Gasteiger partial charge >= 0.3 is 0 Å². The van der Waals surface area contributed by atoms with Crippen LogP contribution < -0.4 is 14.9 Å². The Hall–Kier alpha value is -2.23. The molecule has 1 amide bonds. The van der Waals surface area contributed by atoms with Crippen LogP contribution in [-0.2, 0) is 19.6 Å². The molecule has 7 rings (SSSR count). The number of fused-ring (bicyclic) bond motifs is 2. The fraction of sp³-hybridized carbons (Fsp3) is 0.600. The SMILES string of the molecule is CC1(NS(=O)(=O)c2cc(N3CCC4(CC3)COC4)c3cnc(NC(=O)C45CC4C5)cc3c2)CC1. The highest BCUT2D eigenvalue weighted by atomic mass is 32.2. The number of aromatic nitrogens is 1. The van der Waals surface area contributed by atoms with Crippen molar-refractivity contribution in [2.45, 2.75) is 55.9 Å². The summed E-state index contributed by atoms with van der Waals surface area (Å²) < 4.78 is 35.0. The maximum atomic E-state index is 13.3. The fourth-order valence-electron chi connectivity index (χ4n) is 5.58. The minimum atomic E-state index is -3.67. The predicted molar refractivity (Wildman–Crippen MR) is 128 cm³/mol. The monoisotopic (exact) mass is 482 g/mol. The Labute approximate surface area is 199 Å². The van der Waals surface area contributed by atoms with Crippen LogP contribution in [0.1, 0.15) is 45.4 Å². The molecule has 5 aliphatic rings. The maximum Gasteiger partial charge on any atom is 0.241 e. The smallest absolute Gasteiger partial charge is 0.241 e. The van der Waals surface area contributed by atoms with Crippen molar-refractivity contribution < 1.29 is 17.9 Å². The first-order chi connectivity index (χ1) is 16.2. The first-order valence-electron chi connectivity index (χ1n) is 12.3. The number of anilines is 2. The molecule has 3 heterocycles. The van der Waals surface area contributed by atoms with E-state index in [1.54, 1.807) is 18.3 Å². The molecule has 9 heteroatoms. The van der Waals surface area contributed by atoms with Gasteiger partial charge in [0.1, 0.15) is 5.82 Å². The minimum absolute atomic E-state index is 0.0423. The van der Waals surface area contributed by atoms with Crippen LogP contribution in [0.4, 0.5) is 11.5 Å². The zero-order valence-corrected chi connectivity index (χ0v) is 20.2. The van der Waals surface area contributed by atoms with Crippen molar-refractivity contribution in [1.29, 1.82) is 0 Å². The number of benzene rings is 1. The molecule has 2 N–H and O–H groups in total. The molecule has 3 aliphatic carbocycles. The van der Waals surface area contributed by atoms with Gasteiger partial charge in [0, 0.05) is 41.3 Å². The van der Waals surface area contributed by atoms with E-state index in [1.165, 1.54) is 0 Å². The van der Waals surface area contributed by atoms with E-state index in [1.807, 2.05) is 13.0 Å². The van der Waals surface area contributed by atoms with E-state index in [2.05, 4.69) is 19.9 Å². The van der Waals surface area contributed by atoms with E-state index in [4.69, 9.17) is 4.74 Å². The van der Waals surface area contributed by atoms with Crippen LogP contribution in [-0.4, -0.2) is 51.2 Å². The number of piperidine rings is 1. The standard InChI is InChI=1S/C25H30N4O4S/c1-23(2-3-23)28-34(31,32)18-8-16-9-21(27-22(30)25-11-17(25)12-25)26-13-19(16)20(10-18)29-6-4-24(5-7-29)14-33-15-24/h8-10,13,17,28H,2-7,11-12,14-15H2,1H3,(H,26,27,30). The van der Waals surface area contributed by atoms with E-state index >= 15 is 0 Å². The Morgan fingerprint density at radius 3 is 2.41 bits per heavy atom. The van der Waals surface area contributed by atoms with Crippen molar-refractivity contribution in [3.63, 3.8) is 0 Å². The number of nitrogens with one attached hydrogen (secondary N) is 2. The van der Waals surface area contributed by atoms with Gasteiger partial charge in [0.25, 0.3) is 0 Å². The second-order valence-electron chi connectivity index (χ2n) is 11.6. The molecular weight excluding hydrogens is 452 g/mol. The van der Waals surface area contributed by atoms with Gasteiger partial charge in [0.15, 0.2) is 0 Å². The Bertz CT molecular complexity index is 1320. The van der Waals surface area contributed by atoms with E-state index < -0.39 is 10.0 Å². The lowest BCUT2D eigenvalue weighted by atomic mass is 9.76. The summed E-state index contributed by atoms with van der Waals surface area (Å²) in [6.07, 6.45) is 7.50. The van der Waals surface area contributed by atoms with Gasteiger partial charge in [0.05, 0.1) is 23.5 Å². The summed E-state index contributed by atoms with van der Waals surface area (Å²) in [4.78, 5) is 19.7. The second-order valence-corrected chi connectivity index (χ2v) is 13.3. The summed E-state index contributed by atoms with van der Waals surface area (Å²) in [5, 5.41) is 4.65. The van der Waals surface area contributed by atoms with Crippen LogP contribution in [0, 0.1) is 16.7 Å². The van der Waals surface area contributed by atoms with Gasteiger partial charge in [-0.2, -0.15) is 0 Å². The Morgan fingerprint density at radius 2 is 1.82 bits per heavy atom. The third-order valence-corrected chi connectivity index (χ3v) is 10.5. The van der Waals surface area contributed by atoms with E-state index in [-0.39, 0.29) is 27.2 Å². The summed E-state index contributed by atoms with van der Waals surface area (Å²) in [5.41, 5.74) is 0.682. The maximum absolute atomic E-state index is 13.3. The summed E-state index contributed by atoms with van der Waals surface area (Å²) >= 11 is 0. The van der Waals surface area contributed by atoms with Crippen LogP contribution in [0.15, 0.2) is 29.3 Å². The lowest BCUT2D eigenvalue weighted by Gasteiger charge is -2.48. The fourth-order valence-corrected chi connectivity index (χ4v) is 7.10. The highest BCUT2D eigenvalue weighted by molar-refractivity contribution is 7.89. The largest absolute Gasteiger partial charge is 0.380 e. The van der Waals surface area contributed by atoms with Crippen molar-refractivity contribution in [2.75, 3.05) is 36.5 Å². The zero-order chi connectivity index (χ0) is 23.3. The quantitative estimate of drug-likeness (QED) is 0.657. The third-order valence-electron chi connectivity index (χ3n) is 8.84. The summed E-state index contributed by atoms with van der Waals surface area (Å²) in [6, 6.07) is 5.32. The molecule has 2 saturated heterocycles. The van der Waals surface area contributed by atoms with Crippen LogP contribution in [0.3, 0.4) is 0 Å². The lowest BCUT2D eigenvalue weighted by Crippen LogP contribution is -2.51. The number of pyridine rings is 1. The van der Waals surface area contributed by atoms with Gasteiger partial charge in [-0.25, -0.2) is 18.1 Å². The summed E-state index contributed by atoms with van der Waals surface area (Å²) in [7, 11) is -3.67. The molecule has 0 radical (unpaired) electrons. The average molecular weight is 483 g/mol. The van der Waals surface area contributed by atoms with E-state index in [0.29, 0.717) is 11.7 Å². The number of sulfonamides is 1. The number of hydrogen-bond acceptors (Lipinski definition) is 6. The van der Waals surface area contributed by atoms with Gasteiger partial charge in [-0.3, -0.25) is 4.79 Å². The first kappa shape index (κ1) is 21.1. The van der Waals surface area contributed by atoms with E-state index in [9.17, 15) is 13.2 Å². The molecule has 5 fully saturated rings. The van der Waals surface area contributed by atoms with E-state index in [0.717, 1.165) is 81.3 Å². The van der Waals surface area contributed by atoms with Gasteiger partial charge in [-0.05, 0) is 75.0 Å². The summed E-state index contributed by atoms with van der Waals surface area (Å²) in [5.74, 6) is 1.08. The normalized spacial score (nSPS) is 29.9. The molecule has 1 aromatic carbocycles. The average Bonchev–Trinajstić information content (AvgIpc) is 3.69. The molecule has 0 unspecified atom stereocenters. The molecule has 1 aromatic heterocycles. The van der Waals surface area contributed by atoms with Crippen LogP contribution in [0.5, 0.6) is 0 Å². The zero-order valence-electron chi connectivity index (χ0n) is 19.4. The topological polar surface area (TPSA) is 101 Å². The van der Waals surface area contributed by atoms with Crippen molar-refractivity contribution in [1.82, 2.24) is 9.71 Å². The van der Waals surface area contributed by atoms with Crippen molar-refractivity contribution >= 4 is 38.2 Å². The van der Waals surface area contributed by atoms with Crippen LogP contribution in [0.2, 0.25) is 0 Å². The number of hydrogen-bond donors (Lipinski definition) is 2. The van der Waals surface area contributed by atoms with Gasteiger partial charge in [-0.15, -0.1) is 0 Å². The number of carbonyl (C=O) groups is 1. The molecule has 180 valence electrons. The second kappa shape index (κ2) is 6.71. The number of carbonyl (C=O) groups excluding carboxylic acids is 1. The Balaban J connectivity index is 1.26. The minimum Gasteiger partial charge on any atom is -0.380 e. The molecule has 34 heavy (non-hydrogen) atoms. The van der Waals surface area contributed by atoms with Crippen LogP contribution in [0.25, 0.3) is 10.8 Å². The molecule has 3 saturated carbocycles.